The first-order valence-corrected chi connectivity index (χ1v) is 9.80. The van der Waals surface area contributed by atoms with Gasteiger partial charge in [-0.2, -0.15) is 0 Å². The number of ether oxygens (including phenoxy) is 1. The summed E-state index contributed by atoms with van der Waals surface area (Å²) in [6.45, 7) is 7.46. The van der Waals surface area contributed by atoms with Gasteiger partial charge in [-0.05, 0) is 57.9 Å². The van der Waals surface area contributed by atoms with Crippen molar-refractivity contribution in [3.8, 4) is 0 Å². The molecule has 0 radical (unpaired) electrons. The summed E-state index contributed by atoms with van der Waals surface area (Å²) < 4.78 is 5.45. The Balaban J connectivity index is 1.74. The summed E-state index contributed by atoms with van der Waals surface area (Å²) in [5.41, 5.74) is 6.79. The minimum Gasteiger partial charge on any atom is -0.444 e. The van der Waals surface area contributed by atoms with Gasteiger partial charge in [0, 0.05) is 19.6 Å². The van der Waals surface area contributed by atoms with Crippen LogP contribution in [0, 0.1) is 5.92 Å². The second-order valence-corrected chi connectivity index (χ2v) is 8.30. The van der Waals surface area contributed by atoms with Crippen molar-refractivity contribution >= 4 is 12.0 Å². The van der Waals surface area contributed by atoms with Crippen molar-refractivity contribution in [3.63, 3.8) is 0 Å². The van der Waals surface area contributed by atoms with E-state index in [1.165, 1.54) is 5.56 Å². The Hall–Kier alpha value is -2.08. The summed E-state index contributed by atoms with van der Waals surface area (Å²) in [7, 11) is 0. The molecule has 2 amide bonds. The molecule has 6 heteroatoms. The molecule has 2 rings (SSSR count). The van der Waals surface area contributed by atoms with E-state index in [4.69, 9.17) is 10.5 Å². The third-order valence-corrected chi connectivity index (χ3v) is 4.65. The van der Waals surface area contributed by atoms with Crippen LogP contribution in [0.1, 0.15) is 45.6 Å². The molecule has 0 aromatic heterocycles. The molecular formula is C21H33N3O3. The second-order valence-electron chi connectivity index (χ2n) is 8.30. The van der Waals surface area contributed by atoms with Crippen LogP contribution in [0.5, 0.6) is 0 Å². The third-order valence-electron chi connectivity index (χ3n) is 4.65. The molecule has 1 fully saturated rings. The van der Waals surface area contributed by atoms with E-state index in [9.17, 15) is 9.59 Å². The highest BCUT2D eigenvalue weighted by Crippen LogP contribution is 2.22. The Labute approximate surface area is 162 Å². The Morgan fingerprint density at radius 1 is 1.30 bits per heavy atom. The largest absolute Gasteiger partial charge is 0.444 e. The first-order valence-electron chi connectivity index (χ1n) is 9.80. The Morgan fingerprint density at radius 2 is 2.00 bits per heavy atom. The number of carbonyl (C=O) groups is 2. The summed E-state index contributed by atoms with van der Waals surface area (Å²) in [6, 6.07) is 9.48. The zero-order chi connectivity index (χ0) is 19.9. The second kappa shape index (κ2) is 9.74. The molecule has 0 bridgehead atoms. The van der Waals surface area contributed by atoms with Crippen LogP contribution in [-0.4, -0.2) is 48.2 Å². The number of likely N-dealkylation sites (tertiary alicyclic amines) is 1. The van der Waals surface area contributed by atoms with Crippen molar-refractivity contribution in [1.29, 1.82) is 0 Å². The van der Waals surface area contributed by atoms with E-state index in [-0.39, 0.29) is 17.9 Å². The molecule has 3 N–H and O–H groups in total. The van der Waals surface area contributed by atoms with E-state index >= 15 is 0 Å². The molecule has 1 aromatic carbocycles. The molecule has 2 unspecified atom stereocenters. The molecular weight excluding hydrogens is 342 g/mol. The Morgan fingerprint density at radius 3 is 2.67 bits per heavy atom. The molecule has 1 aliphatic rings. The zero-order valence-electron chi connectivity index (χ0n) is 16.7. The van der Waals surface area contributed by atoms with Crippen LogP contribution in [0.15, 0.2) is 30.3 Å². The summed E-state index contributed by atoms with van der Waals surface area (Å²) in [4.78, 5) is 26.3. The first-order chi connectivity index (χ1) is 12.7. The maximum atomic E-state index is 12.3. The molecule has 0 aliphatic carbocycles. The van der Waals surface area contributed by atoms with Crippen molar-refractivity contribution < 1.29 is 14.3 Å². The van der Waals surface area contributed by atoms with Gasteiger partial charge in [0.2, 0.25) is 5.91 Å². The van der Waals surface area contributed by atoms with Crippen LogP contribution in [0.25, 0.3) is 0 Å². The number of nitrogens with zero attached hydrogens (tertiary/aromatic N) is 1. The molecule has 150 valence electrons. The molecule has 27 heavy (non-hydrogen) atoms. The highest BCUT2D eigenvalue weighted by atomic mass is 16.6. The van der Waals surface area contributed by atoms with Crippen molar-refractivity contribution in [2.45, 2.75) is 58.1 Å². The third kappa shape index (κ3) is 7.59. The number of hydrogen-bond acceptors (Lipinski definition) is 4. The Kier molecular flexibility index (Phi) is 7.66. The number of nitrogens with two attached hydrogens (primary N) is 1. The van der Waals surface area contributed by atoms with E-state index in [1.807, 2.05) is 51.1 Å². The highest BCUT2D eigenvalue weighted by molar-refractivity contribution is 5.81. The van der Waals surface area contributed by atoms with Crippen LogP contribution >= 0.6 is 0 Å². The van der Waals surface area contributed by atoms with Gasteiger partial charge in [0.25, 0.3) is 0 Å². The van der Waals surface area contributed by atoms with Crippen LogP contribution in [0.2, 0.25) is 0 Å². The van der Waals surface area contributed by atoms with Gasteiger partial charge in [0.15, 0.2) is 0 Å². The Bertz CT molecular complexity index is 613. The van der Waals surface area contributed by atoms with Gasteiger partial charge in [-0.3, -0.25) is 4.79 Å². The number of hydrogen-bond donors (Lipinski definition) is 2. The van der Waals surface area contributed by atoms with Gasteiger partial charge >= 0.3 is 6.09 Å². The van der Waals surface area contributed by atoms with Crippen LogP contribution in [0.3, 0.4) is 0 Å². The molecule has 1 heterocycles. The molecule has 0 saturated carbocycles. The van der Waals surface area contributed by atoms with E-state index in [1.54, 1.807) is 4.90 Å². The predicted octanol–water partition coefficient (Wildman–Crippen LogP) is 2.71. The van der Waals surface area contributed by atoms with Crippen molar-refractivity contribution in [2.24, 2.45) is 11.7 Å². The molecule has 1 aliphatic heterocycles. The molecule has 6 nitrogen and oxygen atoms in total. The van der Waals surface area contributed by atoms with Gasteiger partial charge in [0.05, 0.1) is 6.04 Å². The lowest BCUT2D eigenvalue weighted by atomic mass is 9.91. The lowest BCUT2D eigenvalue weighted by Gasteiger charge is -2.34. The minimum absolute atomic E-state index is 0.125. The van der Waals surface area contributed by atoms with Crippen molar-refractivity contribution in [1.82, 2.24) is 10.2 Å². The number of benzene rings is 1. The molecule has 0 spiro atoms. The number of amides is 2. The fourth-order valence-corrected chi connectivity index (χ4v) is 3.32. The topological polar surface area (TPSA) is 84.7 Å². The van der Waals surface area contributed by atoms with E-state index < -0.39 is 11.6 Å². The van der Waals surface area contributed by atoms with Gasteiger partial charge in [-0.1, -0.05) is 30.3 Å². The van der Waals surface area contributed by atoms with Crippen molar-refractivity contribution in [2.75, 3.05) is 19.6 Å². The average molecular weight is 376 g/mol. The summed E-state index contributed by atoms with van der Waals surface area (Å²) >= 11 is 0. The smallest absolute Gasteiger partial charge is 0.410 e. The average Bonchev–Trinajstić information content (AvgIpc) is 2.61. The number of piperidine rings is 1. The molecule has 2 atom stereocenters. The van der Waals surface area contributed by atoms with Gasteiger partial charge in [0.1, 0.15) is 5.60 Å². The number of rotatable bonds is 6. The zero-order valence-corrected chi connectivity index (χ0v) is 16.7. The van der Waals surface area contributed by atoms with Crippen LogP contribution in [-0.2, 0) is 16.0 Å². The first kappa shape index (κ1) is 21.2. The number of nitrogens with one attached hydrogen (secondary N) is 1. The SMILES string of the molecule is CC(C)(C)OC(=O)N1CCCC(CC(N)C(=O)NCCc2ccccc2)C1. The van der Waals surface area contributed by atoms with Crippen LogP contribution < -0.4 is 11.1 Å². The molecule has 1 aromatic rings. The minimum atomic E-state index is -0.552. The lowest BCUT2D eigenvalue weighted by Crippen LogP contribution is -2.47. The van der Waals surface area contributed by atoms with Crippen LogP contribution in [0.4, 0.5) is 4.79 Å². The van der Waals surface area contributed by atoms with E-state index in [0.717, 1.165) is 19.3 Å². The lowest BCUT2D eigenvalue weighted by molar-refractivity contribution is -0.122. The van der Waals surface area contributed by atoms with Crippen molar-refractivity contribution in [3.05, 3.63) is 35.9 Å². The summed E-state index contributed by atoms with van der Waals surface area (Å²) in [5, 5.41) is 2.92. The fraction of sp³-hybridized carbons (Fsp3) is 0.619. The highest BCUT2D eigenvalue weighted by Gasteiger charge is 2.29. The molecule has 1 saturated heterocycles. The fourth-order valence-electron chi connectivity index (χ4n) is 3.32. The van der Waals surface area contributed by atoms with E-state index in [0.29, 0.717) is 26.1 Å². The summed E-state index contributed by atoms with van der Waals surface area (Å²) in [6.07, 6.45) is 2.97. The van der Waals surface area contributed by atoms with Gasteiger partial charge in [-0.15, -0.1) is 0 Å². The monoisotopic (exact) mass is 375 g/mol. The maximum absolute atomic E-state index is 12.3. The number of carbonyl (C=O) groups excluding carboxylic acids is 2. The quantitative estimate of drug-likeness (QED) is 0.801. The van der Waals surface area contributed by atoms with Gasteiger partial charge < -0.3 is 20.7 Å². The standard InChI is InChI=1S/C21H33N3O3/c1-21(2,3)27-20(26)24-13-7-10-17(15-24)14-18(22)19(25)23-12-11-16-8-5-4-6-9-16/h4-6,8-9,17-18H,7,10-15,22H2,1-3H3,(H,23,25). The van der Waals surface area contributed by atoms with Gasteiger partial charge in [-0.25, -0.2) is 4.79 Å². The summed E-state index contributed by atoms with van der Waals surface area (Å²) in [5.74, 6) is 0.0986. The normalized spacial score (nSPS) is 18.7. The van der Waals surface area contributed by atoms with E-state index in [2.05, 4.69) is 5.32 Å². The predicted molar refractivity (Wildman–Crippen MR) is 106 cm³/mol. The maximum Gasteiger partial charge on any atom is 0.410 e.